The highest BCUT2D eigenvalue weighted by Crippen LogP contribution is 2.38. The van der Waals surface area contributed by atoms with Gasteiger partial charge in [-0.15, -0.1) is 0 Å². The van der Waals surface area contributed by atoms with Crippen molar-refractivity contribution in [3.63, 3.8) is 0 Å². The van der Waals surface area contributed by atoms with E-state index < -0.39 is 11.9 Å². The van der Waals surface area contributed by atoms with E-state index in [1.807, 2.05) is 24.3 Å². The van der Waals surface area contributed by atoms with E-state index in [-0.39, 0.29) is 11.8 Å². The minimum atomic E-state index is -0.872. The Morgan fingerprint density at radius 2 is 2.00 bits per heavy atom. The van der Waals surface area contributed by atoms with Gasteiger partial charge in [0.2, 0.25) is 5.91 Å². The summed E-state index contributed by atoms with van der Waals surface area (Å²) in [4.78, 5) is 22.3. The molecule has 0 radical (unpaired) electrons. The summed E-state index contributed by atoms with van der Waals surface area (Å²) in [5, 5.41) is 11.5. The van der Waals surface area contributed by atoms with Crippen LogP contribution in [0.1, 0.15) is 18.4 Å². The smallest absolute Gasteiger partial charge is 0.307 e. The number of carbonyl (C=O) groups is 2. The molecule has 5 heteroatoms. The van der Waals surface area contributed by atoms with Crippen molar-refractivity contribution in [2.75, 3.05) is 13.7 Å². The molecule has 2 atom stereocenters. The molecule has 0 saturated heterocycles. The van der Waals surface area contributed by atoms with E-state index in [0.717, 1.165) is 18.6 Å². The van der Waals surface area contributed by atoms with E-state index in [9.17, 15) is 9.59 Å². The number of aryl methyl sites for hydroxylation is 1. The summed E-state index contributed by atoms with van der Waals surface area (Å²) in [6.07, 6.45) is 2.18. The number of ether oxygens (including phenoxy) is 1. The highest BCUT2D eigenvalue weighted by atomic mass is 16.5. The Morgan fingerprint density at radius 3 is 2.55 bits per heavy atom. The van der Waals surface area contributed by atoms with E-state index in [4.69, 9.17) is 9.84 Å². The summed E-state index contributed by atoms with van der Waals surface area (Å²) in [6, 6.07) is 7.83. The molecule has 0 aromatic heterocycles. The molecule has 1 aliphatic rings. The molecule has 108 valence electrons. The van der Waals surface area contributed by atoms with Gasteiger partial charge in [-0.3, -0.25) is 9.59 Å². The van der Waals surface area contributed by atoms with Crippen LogP contribution in [0.2, 0.25) is 0 Å². The van der Waals surface area contributed by atoms with Crippen LogP contribution in [0, 0.1) is 11.8 Å². The van der Waals surface area contributed by atoms with Crippen molar-refractivity contribution < 1.29 is 19.4 Å². The van der Waals surface area contributed by atoms with Gasteiger partial charge >= 0.3 is 5.97 Å². The average molecular weight is 277 g/mol. The van der Waals surface area contributed by atoms with Gasteiger partial charge < -0.3 is 15.2 Å². The van der Waals surface area contributed by atoms with Crippen molar-refractivity contribution >= 4 is 11.9 Å². The molecule has 20 heavy (non-hydrogen) atoms. The molecule has 2 N–H and O–H groups in total. The van der Waals surface area contributed by atoms with Gasteiger partial charge in [0.15, 0.2) is 0 Å². The first-order valence-corrected chi connectivity index (χ1v) is 6.75. The molecular formula is C15H19NO4. The fourth-order valence-electron chi connectivity index (χ4n) is 2.19. The van der Waals surface area contributed by atoms with Gasteiger partial charge in [0.05, 0.1) is 18.9 Å². The maximum atomic E-state index is 11.6. The summed E-state index contributed by atoms with van der Waals surface area (Å²) in [5.74, 6) is -0.976. The first-order valence-electron chi connectivity index (χ1n) is 6.75. The lowest BCUT2D eigenvalue weighted by Gasteiger charge is -2.05. The van der Waals surface area contributed by atoms with Crippen molar-refractivity contribution in [3.8, 4) is 5.75 Å². The molecule has 1 amide bonds. The molecule has 1 aromatic rings. The lowest BCUT2D eigenvalue weighted by Crippen LogP contribution is -2.27. The normalized spacial score (nSPS) is 20.2. The van der Waals surface area contributed by atoms with E-state index in [1.54, 1.807) is 7.11 Å². The van der Waals surface area contributed by atoms with Crippen LogP contribution in [0.25, 0.3) is 0 Å². The van der Waals surface area contributed by atoms with Crippen LogP contribution in [0.5, 0.6) is 5.75 Å². The second-order valence-electron chi connectivity index (χ2n) is 5.03. The standard InChI is InChI=1S/C15H19NO4/c1-20-11-6-4-10(5-7-11)3-2-8-16-14(17)12-9-13(12)15(18)19/h4-7,12-13H,2-3,8-9H2,1H3,(H,16,17)(H,18,19)/t12-,13-/m1/s1. The van der Waals surface area contributed by atoms with Gasteiger partial charge in [-0.1, -0.05) is 12.1 Å². The number of hydrogen-bond acceptors (Lipinski definition) is 3. The number of carboxylic acids is 1. The maximum Gasteiger partial charge on any atom is 0.307 e. The predicted molar refractivity (Wildman–Crippen MR) is 73.6 cm³/mol. The largest absolute Gasteiger partial charge is 0.497 e. The fraction of sp³-hybridized carbons (Fsp3) is 0.467. The molecule has 5 nitrogen and oxygen atoms in total. The molecule has 0 bridgehead atoms. The predicted octanol–water partition coefficient (Wildman–Crippen LogP) is 1.46. The Kier molecular flexibility index (Phi) is 4.61. The number of nitrogens with one attached hydrogen (secondary N) is 1. The second-order valence-corrected chi connectivity index (χ2v) is 5.03. The van der Waals surface area contributed by atoms with Gasteiger partial charge in [0, 0.05) is 6.54 Å². The number of amides is 1. The summed E-state index contributed by atoms with van der Waals surface area (Å²) in [7, 11) is 1.63. The molecule has 0 spiro atoms. The lowest BCUT2D eigenvalue weighted by molar-refractivity contribution is -0.140. The molecule has 0 heterocycles. The first-order chi connectivity index (χ1) is 9.61. The SMILES string of the molecule is COc1ccc(CCCNC(=O)[C@@H]2C[C@H]2C(=O)O)cc1. The first kappa shape index (κ1) is 14.4. The third-order valence-corrected chi connectivity index (χ3v) is 3.54. The van der Waals surface area contributed by atoms with E-state index in [1.165, 1.54) is 5.56 Å². The van der Waals surface area contributed by atoms with Crippen molar-refractivity contribution in [2.24, 2.45) is 11.8 Å². The molecule has 1 fully saturated rings. The number of hydrogen-bond donors (Lipinski definition) is 2. The van der Waals surface area contributed by atoms with Gasteiger partial charge in [0.25, 0.3) is 0 Å². The number of rotatable bonds is 7. The van der Waals surface area contributed by atoms with Gasteiger partial charge in [-0.2, -0.15) is 0 Å². The van der Waals surface area contributed by atoms with Crippen LogP contribution in [-0.4, -0.2) is 30.6 Å². The Morgan fingerprint density at radius 1 is 1.30 bits per heavy atom. The zero-order valence-electron chi connectivity index (χ0n) is 11.5. The Labute approximate surface area is 117 Å². The van der Waals surface area contributed by atoms with Crippen molar-refractivity contribution in [1.82, 2.24) is 5.32 Å². The third-order valence-electron chi connectivity index (χ3n) is 3.54. The van der Waals surface area contributed by atoms with Crippen LogP contribution in [0.15, 0.2) is 24.3 Å². The Balaban J connectivity index is 1.64. The molecule has 0 unspecified atom stereocenters. The van der Waals surface area contributed by atoms with Crippen molar-refractivity contribution in [1.29, 1.82) is 0 Å². The zero-order valence-corrected chi connectivity index (χ0v) is 11.5. The summed E-state index contributed by atoms with van der Waals surface area (Å²) >= 11 is 0. The summed E-state index contributed by atoms with van der Waals surface area (Å²) in [6.45, 7) is 0.577. The third kappa shape index (κ3) is 3.73. The molecule has 2 rings (SSSR count). The topological polar surface area (TPSA) is 75.6 Å². The van der Waals surface area contributed by atoms with Gasteiger partial charge in [-0.25, -0.2) is 0 Å². The lowest BCUT2D eigenvalue weighted by atomic mass is 10.1. The molecule has 1 saturated carbocycles. The molecule has 1 aliphatic carbocycles. The number of benzene rings is 1. The Hall–Kier alpha value is -2.04. The van der Waals surface area contributed by atoms with E-state index >= 15 is 0 Å². The van der Waals surface area contributed by atoms with Crippen LogP contribution in [0.4, 0.5) is 0 Å². The average Bonchev–Trinajstić information content (AvgIpc) is 3.24. The van der Waals surface area contributed by atoms with Crippen LogP contribution < -0.4 is 10.1 Å². The monoisotopic (exact) mass is 277 g/mol. The van der Waals surface area contributed by atoms with Crippen LogP contribution in [0.3, 0.4) is 0 Å². The fourth-order valence-corrected chi connectivity index (χ4v) is 2.19. The van der Waals surface area contributed by atoms with Gasteiger partial charge in [-0.05, 0) is 37.0 Å². The van der Waals surface area contributed by atoms with E-state index in [2.05, 4.69) is 5.32 Å². The van der Waals surface area contributed by atoms with E-state index in [0.29, 0.717) is 13.0 Å². The van der Waals surface area contributed by atoms with Gasteiger partial charge in [0.1, 0.15) is 5.75 Å². The van der Waals surface area contributed by atoms with Crippen LogP contribution in [-0.2, 0) is 16.0 Å². The summed E-state index contributed by atoms with van der Waals surface area (Å²) in [5.41, 5.74) is 1.19. The minimum absolute atomic E-state index is 0.132. The number of aliphatic carboxylic acids is 1. The van der Waals surface area contributed by atoms with Crippen molar-refractivity contribution in [2.45, 2.75) is 19.3 Å². The molecule has 1 aromatic carbocycles. The molecular weight excluding hydrogens is 258 g/mol. The van der Waals surface area contributed by atoms with Crippen LogP contribution >= 0.6 is 0 Å². The second kappa shape index (κ2) is 6.41. The Bertz CT molecular complexity index is 483. The number of carbonyl (C=O) groups excluding carboxylic acids is 1. The summed E-state index contributed by atoms with van der Waals surface area (Å²) < 4.78 is 5.08. The minimum Gasteiger partial charge on any atom is -0.497 e. The maximum absolute atomic E-state index is 11.6. The quantitative estimate of drug-likeness (QED) is 0.740. The number of methoxy groups -OCH3 is 1. The number of carboxylic acid groups (broad SMARTS) is 1. The molecule has 0 aliphatic heterocycles. The highest BCUT2D eigenvalue weighted by molar-refractivity contribution is 5.89. The highest BCUT2D eigenvalue weighted by Gasteiger charge is 2.48. The van der Waals surface area contributed by atoms with Crippen molar-refractivity contribution in [3.05, 3.63) is 29.8 Å². The zero-order chi connectivity index (χ0) is 14.5.